The molecule has 1 amide bonds. The third-order valence-corrected chi connectivity index (χ3v) is 5.30. The monoisotopic (exact) mass is 350 g/mol. The second kappa shape index (κ2) is 7.20. The molecule has 1 heterocycles. The Balaban J connectivity index is 1.34. The number of pyridine rings is 1. The van der Waals surface area contributed by atoms with Crippen LogP contribution in [0.2, 0.25) is 0 Å². The lowest BCUT2D eigenvalue weighted by Crippen LogP contribution is -2.32. The van der Waals surface area contributed by atoms with Gasteiger partial charge in [0.15, 0.2) is 5.75 Å². The molecule has 26 heavy (non-hydrogen) atoms. The van der Waals surface area contributed by atoms with Crippen LogP contribution in [0, 0.1) is 17.8 Å². The number of carbonyl (C=O) groups is 1. The summed E-state index contributed by atoms with van der Waals surface area (Å²) in [4.78, 5) is 27.4. The first-order chi connectivity index (χ1) is 12.7. The Labute approximate surface area is 152 Å². The third-order valence-electron chi connectivity index (χ3n) is 5.30. The van der Waals surface area contributed by atoms with Crippen LogP contribution in [0.15, 0.2) is 59.5 Å². The van der Waals surface area contributed by atoms with E-state index in [1.807, 2.05) is 30.3 Å². The Bertz CT molecular complexity index is 872. The first-order valence-electron chi connectivity index (χ1n) is 9.05. The largest absolute Gasteiger partial charge is 0.483 e. The lowest BCUT2D eigenvalue weighted by molar-refractivity contribution is 0.0940. The summed E-state index contributed by atoms with van der Waals surface area (Å²) in [5, 5.41) is 2.95. The number of allylic oxidation sites excluding steroid dienone is 2. The van der Waals surface area contributed by atoms with Crippen molar-refractivity contribution in [1.82, 2.24) is 10.3 Å². The Hall–Kier alpha value is -2.82. The summed E-state index contributed by atoms with van der Waals surface area (Å²) in [6, 6.07) is 10.9. The number of nitrogens with one attached hydrogen (secondary N) is 2. The number of carbonyl (C=O) groups excluding carboxylic acids is 1. The van der Waals surface area contributed by atoms with E-state index in [-0.39, 0.29) is 22.8 Å². The van der Waals surface area contributed by atoms with E-state index in [9.17, 15) is 9.59 Å². The van der Waals surface area contributed by atoms with Gasteiger partial charge in [-0.05, 0) is 36.2 Å². The number of aromatic nitrogens is 1. The molecule has 2 aliphatic rings. The molecule has 1 aromatic carbocycles. The predicted molar refractivity (Wildman–Crippen MR) is 99.0 cm³/mol. The van der Waals surface area contributed by atoms with Gasteiger partial charge in [0.1, 0.15) is 12.3 Å². The number of hydrogen-bond donors (Lipinski definition) is 2. The van der Waals surface area contributed by atoms with Gasteiger partial charge in [-0.2, -0.15) is 0 Å². The lowest BCUT2D eigenvalue weighted by Gasteiger charge is -2.18. The molecule has 3 atom stereocenters. The molecular formula is C21H22N2O3. The molecular weight excluding hydrogens is 328 g/mol. The van der Waals surface area contributed by atoms with Gasteiger partial charge in [0.2, 0.25) is 5.43 Å². The van der Waals surface area contributed by atoms with E-state index >= 15 is 0 Å². The van der Waals surface area contributed by atoms with Gasteiger partial charge in [0.25, 0.3) is 5.91 Å². The summed E-state index contributed by atoms with van der Waals surface area (Å²) in [5.74, 6) is 1.75. The quantitative estimate of drug-likeness (QED) is 0.787. The number of amides is 1. The van der Waals surface area contributed by atoms with Gasteiger partial charge in [-0.3, -0.25) is 9.59 Å². The fraction of sp³-hybridized carbons (Fsp3) is 0.333. The van der Waals surface area contributed by atoms with Gasteiger partial charge >= 0.3 is 0 Å². The van der Waals surface area contributed by atoms with E-state index in [4.69, 9.17) is 4.74 Å². The molecule has 0 saturated heterocycles. The zero-order chi connectivity index (χ0) is 17.9. The lowest BCUT2D eigenvalue weighted by atomic mass is 9.93. The smallest absolute Gasteiger partial charge is 0.267 e. The van der Waals surface area contributed by atoms with Crippen LogP contribution in [0.4, 0.5) is 0 Å². The number of fused-ring (bicyclic) bond motifs is 2. The van der Waals surface area contributed by atoms with Gasteiger partial charge in [-0.1, -0.05) is 42.5 Å². The van der Waals surface area contributed by atoms with E-state index in [1.165, 1.54) is 18.7 Å². The number of H-pyrrole nitrogens is 1. The van der Waals surface area contributed by atoms with Crippen LogP contribution in [0.25, 0.3) is 0 Å². The Morgan fingerprint density at radius 2 is 2.04 bits per heavy atom. The second-order valence-electron chi connectivity index (χ2n) is 7.10. The van der Waals surface area contributed by atoms with Crippen molar-refractivity contribution in [1.29, 1.82) is 0 Å². The number of hydrogen-bond acceptors (Lipinski definition) is 3. The molecule has 1 saturated carbocycles. The van der Waals surface area contributed by atoms with Gasteiger partial charge in [0, 0.05) is 18.8 Å². The normalized spacial score (nSPS) is 23.2. The van der Waals surface area contributed by atoms with Gasteiger partial charge < -0.3 is 15.0 Å². The summed E-state index contributed by atoms with van der Waals surface area (Å²) in [6.45, 7) is 0.964. The molecule has 0 spiro atoms. The summed E-state index contributed by atoms with van der Waals surface area (Å²) in [7, 11) is 0. The minimum atomic E-state index is -0.298. The van der Waals surface area contributed by atoms with Crippen LogP contribution in [0.3, 0.4) is 0 Å². The van der Waals surface area contributed by atoms with Crippen LogP contribution in [-0.4, -0.2) is 17.4 Å². The first-order valence-corrected chi connectivity index (χ1v) is 9.05. The van der Waals surface area contributed by atoms with Gasteiger partial charge in [0.05, 0.1) is 0 Å². The third kappa shape index (κ3) is 3.57. The molecule has 1 fully saturated rings. The molecule has 0 unspecified atom stereocenters. The van der Waals surface area contributed by atoms with Crippen molar-refractivity contribution >= 4 is 5.91 Å². The van der Waals surface area contributed by atoms with E-state index in [2.05, 4.69) is 22.5 Å². The molecule has 2 bridgehead atoms. The van der Waals surface area contributed by atoms with Crippen LogP contribution < -0.4 is 15.5 Å². The maximum absolute atomic E-state index is 12.3. The van der Waals surface area contributed by atoms with Crippen LogP contribution in [0.5, 0.6) is 5.75 Å². The number of ether oxygens (including phenoxy) is 1. The fourth-order valence-corrected chi connectivity index (χ4v) is 3.89. The summed E-state index contributed by atoms with van der Waals surface area (Å²) >= 11 is 0. The van der Waals surface area contributed by atoms with Crippen LogP contribution in [-0.2, 0) is 6.61 Å². The first kappa shape index (κ1) is 16.6. The topological polar surface area (TPSA) is 71.2 Å². The van der Waals surface area contributed by atoms with Gasteiger partial charge in [-0.15, -0.1) is 0 Å². The Morgan fingerprint density at radius 3 is 2.73 bits per heavy atom. The molecule has 2 aromatic rings. The second-order valence-corrected chi connectivity index (χ2v) is 7.10. The van der Waals surface area contributed by atoms with Crippen molar-refractivity contribution in [3.05, 3.63) is 76.2 Å². The standard InChI is InChI=1S/C21H22N2O3/c24-19-10-18(21(25)23-11-17-9-15-6-7-16(17)8-15)22-12-20(19)26-13-14-4-2-1-3-5-14/h1-7,10,12,15-17H,8-9,11,13H2,(H,22,24)(H,23,25)/t15-,16+,17-/m1/s1. The number of rotatable bonds is 6. The molecule has 2 N–H and O–H groups in total. The van der Waals surface area contributed by atoms with Crippen LogP contribution in [0.1, 0.15) is 28.9 Å². The average molecular weight is 350 g/mol. The van der Waals surface area contributed by atoms with Crippen molar-refractivity contribution in [2.75, 3.05) is 6.54 Å². The molecule has 2 aliphatic carbocycles. The highest BCUT2D eigenvalue weighted by Gasteiger charge is 2.35. The van der Waals surface area contributed by atoms with E-state index < -0.39 is 0 Å². The van der Waals surface area contributed by atoms with E-state index in [1.54, 1.807) is 0 Å². The van der Waals surface area contributed by atoms with Crippen molar-refractivity contribution < 1.29 is 9.53 Å². The zero-order valence-corrected chi connectivity index (χ0v) is 14.5. The molecule has 0 aliphatic heterocycles. The van der Waals surface area contributed by atoms with Crippen molar-refractivity contribution in [2.45, 2.75) is 19.4 Å². The molecule has 1 aromatic heterocycles. The molecule has 134 valence electrons. The minimum absolute atomic E-state index is 0.212. The molecule has 0 radical (unpaired) electrons. The van der Waals surface area contributed by atoms with E-state index in [0.717, 1.165) is 12.0 Å². The Morgan fingerprint density at radius 1 is 1.19 bits per heavy atom. The van der Waals surface area contributed by atoms with E-state index in [0.29, 0.717) is 30.9 Å². The molecule has 5 heteroatoms. The zero-order valence-electron chi connectivity index (χ0n) is 14.5. The van der Waals surface area contributed by atoms with Crippen molar-refractivity contribution in [3.63, 3.8) is 0 Å². The van der Waals surface area contributed by atoms with Crippen LogP contribution >= 0.6 is 0 Å². The maximum Gasteiger partial charge on any atom is 0.267 e. The maximum atomic E-state index is 12.3. The minimum Gasteiger partial charge on any atom is -0.483 e. The highest BCUT2D eigenvalue weighted by Crippen LogP contribution is 2.42. The van der Waals surface area contributed by atoms with Crippen molar-refractivity contribution in [2.24, 2.45) is 17.8 Å². The van der Waals surface area contributed by atoms with Gasteiger partial charge in [-0.25, -0.2) is 0 Å². The Kier molecular flexibility index (Phi) is 4.61. The fourth-order valence-electron chi connectivity index (χ4n) is 3.89. The highest BCUT2D eigenvalue weighted by molar-refractivity contribution is 5.92. The highest BCUT2D eigenvalue weighted by atomic mass is 16.5. The predicted octanol–water partition coefficient (Wildman–Crippen LogP) is 2.90. The summed E-state index contributed by atoms with van der Waals surface area (Å²) in [5.41, 5.74) is 0.946. The number of aromatic amines is 1. The number of benzene rings is 1. The molecule has 4 rings (SSSR count). The van der Waals surface area contributed by atoms with Crippen molar-refractivity contribution in [3.8, 4) is 5.75 Å². The average Bonchev–Trinajstić information content (AvgIpc) is 3.29. The summed E-state index contributed by atoms with van der Waals surface area (Å²) in [6.07, 6.45) is 8.37. The molecule has 5 nitrogen and oxygen atoms in total. The SMILES string of the molecule is O=C(NC[C@H]1C[C@@H]2C=C[C@H]1C2)c1cc(=O)c(OCc2ccccc2)c[nH]1. The summed E-state index contributed by atoms with van der Waals surface area (Å²) < 4.78 is 5.55.